The number of hydrogen-bond acceptors (Lipinski definition) is 1. The van der Waals surface area contributed by atoms with E-state index in [0.29, 0.717) is 0 Å². The highest BCUT2D eigenvalue weighted by molar-refractivity contribution is 7.77. The predicted octanol–water partition coefficient (Wildman–Crippen LogP) is 4.81. The first kappa shape index (κ1) is 16.4. The van der Waals surface area contributed by atoms with E-state index in [0.717, 1.165) is 28.3 Å². The molecule has 0 amide bonds. The third-order valence-corrected chi connectivity index (χ3v) is 6.44. The molecule has 0 aromatic heterocycles. The van der Waals surface area contributed by atoms with Crippen LogP contribution in [0, 0.1) is 0 Å². The molecule has 2 nitrogen and oxygen atoms in total. The second-order valence-corrected chi connectivity index (χ2v) is 7.90. The summed E-state index contributed by atoms with van der Waals surface area (Å²) < 4.78 is 18.8. The van der Waals surface area contributed by atoms with Gasteiger partial charge >= 0.3 is 0 Å². The molecule has 0 atom stereocenters. The Kier molecular flexibility index (Phi) is 5.08. The van der Waals surface area contributed by atoms with Crippen LogP contribution in [0.4, 0.5) is 0 Å². The van der Waals surface area contributed by atoms with Gasteiger partial charge in [-0.3, -0.25) is 4.57 Å². The number of benzene rings is 3. The zero-order valence-corrected chi connectivity index (χ0v) is 14.6. The summed E-state index contributed by atoms with van der Waals surface area (Å²) in [5.41, 5.74) is 1.89. The normalized spacial score (nSPS) is 12.1. The zero-order valence-electron chi connectivity index (χ0n) is 13.7. The SMILES string of the molecule is CCC(=NP(=O)(c1ccccc1)c1ccccc1)c1ccccc1. The molecule has 0 spiro atoms. The lowest BCUT2D eigenvalue weighted by atomic mass is 10.1. The van der Waals surface area contributed by atoms with Crippen LogP contribution in [0.3, 0.4) is 0 Å². The van der Waals surface area contributed by atoms with Crippen molar-refractivity contribution in [2.45, 2.75) is 13.3 Å². The Morgan fingerprint density at radius 1 is 0.750 bits per heavy atom. The smallest absolute Gasteiger partial charge is 0.247 e. The Labute approximate surface area is 143 Å². The molecule has 3 aromatic carbocycles. The van der Waals surface area contributed by atoms with Gasteiger partial charge in [-0.2, -0.15) is 0 Å². The molecule has 0 aliphatic heterocycles. The molecule has 0 fully saturated rings. The van der Waals surface area contributed by atoms with Gasteiger partial charge in [0.25, 0.3) is 0 Å². The van der Waals surface area contributed by atoms with Crippen molar-refractivity contribution in [3.63, 3.8) is 0 Å². The van der Waals surface area contributed by atoms with Crippen LogP contribution >= 0.6 is 7.29 Å². The lowest BCUT2D eigenvalue weighted by Gasteiger charge is -2.17. The molecule has 0 unspecified atom stereocenters. The first-order chi connectivity index (χ1) is 11.7. The van der Waals surface area contributed by atoms with E-state index < -0.39 is 7.29 Å². The topological polar surface area (TPSA) is 29.4 Å². The van der Waals surface area contributed by atoms with E-state index in [1.165, 1.54) is 0 Å². The Morgan fingerprint density at radius 3 is 1.58 bits per heavy atom. The van der Waals surface area contributed by atoms with E-state index in [2.05, 4.69) is 0 Å². The summed E-state index contributed by atoms with van der Waals surface area (Å²) in [5.74, 6) is 0. The fourth-order valence-corrected chi connectivity index (χ4v) is 4.94. The van der Waals surface area contributed by atoms with Crippen LogP contribution in [-0.2, 0) is 4.57 Å². The standard InChI is InChI=1S/C21H20NOP/c1-2-21(18-12-6-3-7-13-18)22-24(23,19-14-8-4-9-15-19)20-16-10-5-11-17-20/h3-17H,2H2,1H3. The second kappa shape index (κ2) is 7.42. The largest absolute Gasteiger partial charge is 0.288 e. The maximum atomic E-state index is 14.0. The molecular weight excluding hydrogens is 313 g/mol. The van der Waals surface area contributed by atoms with E-state index in [4.69, 9.17) is 4.76 Å². The van der Waals surface area contributed by atoms with Gasteiger partial charge in [-0.05, 0) is 36.2 Å². The van der Waals surface area contributed by atoms with Gasteiger partial charge in [-0.1, -0.05) is 73.7 Å². The van der Waals surface area contributed by atoms with Gasteiger partial charge in [0, 0.05) is 10.6 Å². The molecule has 0 aliphatic carbocycles. The van der Waals surface area contributed by atoms with Gasteiger partial charge in [0.05, 0.1) is 5.71 Å². The van der Waals surface area contributed by atoms with Crippen molar-refractivity contribution >= 4 is 23.6 Å². The highest BCUT2D eigenvalue weighted by atomic mass is 31.2. The van der Waals surface area contributed by atoms with Gasteiger partial charge in [0.15, 0.2) is 0 Å². The Hall–Kier alpha value is -2.44. The van der Waals surface area contributed by atoms with E-state index in [1.54, 1.807) is 0 Å². The van der Waals surface area contributed by atoms with Gasteiger partial charge in [-0.15, -0.1) is 0 Å². The van der Waals surface area contributed by atoms with Crippen molar-refractivity contribution in [3.8, 4) is 0 Å². The molecule has 24 heavy (non-hydrogen) atoms. The monoisotopic (exact) mass is 333 g/mol. The summed E-state index contributed by atoms with van der Waals surface area (Å²) in [6.45, 7) is 2.05. The molecule has 0 saturated carbocycles. The van der Waals surface area contributed by atoms with Crippen LogP contribution in [0.5, 0.6) is 0 Å². The number of hydrogen-bond donors (Lipinski definition) is 0. The lowest BCUT2D eigenvalue weighted by Crippen LogP contribution is -2.16. The van der Waals surface area contributed by atoms with E-state index in [9.17, 15) is 4.57 Å². The van der Waals surface area contributed by atoms with Gasteiger partial charge in [0.2, 0.25) is 7.29 Å². The molecule has 0 aliphatic rings. The van der Waals surface area contributed by atoms with Crippen LogP contribution in [0.25, 0.3) is 0 Å². The Balaban J connectivity index is 2.19. The Bertz CT molecular complexity index is 815. The molecule has 0 bridgehead atoms. The molecule has 120 valence electrons. The molecule has 0 radical (unpaired) electrons. The van der Waals surface area contributed by atoms with Crippen molar-refractivity contribution in [3.05, 3.63) is 96.6 Å². The van der Waals surface area contributed by atoms with Crippen molar-refractivity contribution < 1.29 is 4.57 Å². The van der Waals surface area contributed by atoms with Crippen molar-refractivity contribution in [1.29, 1.82) is 0 Å². The molecule has 0 N–H and O–H groups in total. The fourth-order valence-electron chi connectivity index (χ4n) is 2.66. The van der Waals surface area contributed by atoms with Crippen LogP contribution in [0.1, 0.15) is 18.9 Å². The summed E-state index contributed by atoms with van der Waals surface area (Å²) in [7, 11) is -3.07. The predicted molar refractivity (Wildman–Crippen MR) is 103 cm³/mol. The summed E-state index contributed by atoms with van der Waals surface area (Å²) in [4.78, 5) is 0. The van der Waals surface area contributed by atoms with Gasteiger partial charge in [0.1, 0.15) is 0 Å². The highest BCUT2D eigenvalue weighted by Crippen LogP contribution is 2.45. The van der Waals surface area contributed by atoms with Crippen LogP contribution in [0.2, 0.25) is 0 Å². The minimum absolute atomic E-state index is 0.730. The average Bonchev–Trinajstić information content (AvgIpc) is 2.68. The zero-order chi connectivity index (χ0) is 16.8. The maximum absolute atomic E-state index is 14.0. The molecule has 3 heteroatoms. The fraction of sp³-hybridized carbons (Fsp3) is 0.0952. The number of rotatable bonds is 5. The third kappa shape index (κ3) is 3.39. The van der Waals surface area contributed by atoms with Crippen LogP contribution < -0.4 is 10.6 Å². The molecule has 0 saturated heterocycles. The molecule has 3 aromatic rings. The first-order valence-corrected chi connectivity index (χ1v) is 9.76. The van der Waals surface area contributed by atoms with Gasteiger partial charge in [-0.25, -0.2) is 4.76 Å². The lowest BCUT2D eigenvalue weighted by molar-refractivity contribution is 0.588. The van der Waals surface area contributed by atoms with E-state index in [-0.39, 0.29) is 0 Å². The summed E-state index contributed by atoms with van der Waals surface area (Å²) in [6, 6.07) is 29.1. The van der Waals surface area contributed by atoms with Crippen LogP contribution in [-0.4, -0.2) is 5.71 Å². The molecule has 0 heterocycles. The first-order valence-electron chi connectivity index (χ1n) is 8.10. The quantitative estimate of drug-likeness (QED) is 0.486. The molecular formula is C21H20NOP. The minimum Gasteiger partial charge on any atom is -0.288 e. The maximum Gasteiger partial charge on any atom is 0.247 e. The second-order valence-electron chi connectivity index (χ2n) is 5.51. The van der Waals surface area contributed by atoms with Crippen molar-refractivity contribution in [1.82, 2.24) is 0 Å². The highest BCUT2D eigenvalue weighted by Gasteiger charge is 2.27. The summed E-state index contributed by atoms with van der Waals surface area (Å²) in [6.07, 6.45) is 0.730. The molecule has 3 rings (SSSR count). The summed E-state index contributed by atoms with van der Waals surface area (Å²) >= 11 is 0. The third-order valence-electron chi connectivity index (χ3n) is 3.92. The van der Waals surface area contributed by atoms with Crippen molar-refractivity contribution in [2.24, 2.45) is 4.76 Å². The van der Waals surface area contributed by atoms with Gasteiger partial charge < -0.3 is 0 Å². The average molecular weight is 333 g/mol. The summed E-state index contributed by atoms with van der Waals surface area (Å²) in [5, 5.41) is 1.52. The minimum atomic E-state index is -3.07. The number of nitrogens with zero attached hydrogens (tertiary/aromatic N) is 1. The van der Waals surface area contributed by atoms with Crippen LogP contribution in [0.15, 0.2) is 95.8 Å². The van der Waals surface area contributed by atoms with E-state index >= 15 is 0 Å². The van der Waals surface area contributed by atoms with Crippen molar-refractivity contribution in [2.75, 3.05) is 0 Å². The van der Waals surface area contributed by atoms with E-state index in [1.807, 2.05) is 97.9 Å². The Morgan fingerprint density at radius 2 is 1.17 bits per heavy atom.